The number of likely N-dealkylation sites (tertiary alicyclic amines) is 1. The Morgan fingerprint density at radius 1 is 1.38 bits per heavy atom. The summed E-state index contributed by atoms with van der Waals surface area (Å²) < 4.78 is 0. The van der Waals surface area contributed by atoms with Crippen LogP contribution in [0.2, 0.25) is 5.02 Å². The summed E-state index contributed by atoms with van der Waals surface area (Å²) in [6.07, 6.45) is 0.331. The van der Waals surface area contributed by atoms with Crippen LogP contribution in [0.25, 0.3) is 0 Å². The van der Waals surface area contributed by atoms with E-state index in [4.69, 9.17) is 11.6 Å². The van der Waals surface area contributed by atoms with E-state index in [9.17, 15) is 19.5 Å². The zero-order valence-electron chi connectivity index (χ0n) is 10.9. The molecule has 21 heavy (non-hydrogen) atoms. The van der Waals surface area contributed by atoms with E-state index >= 15 is 0 Å². The molecule has 0 saturated carbocycles. The minimum Gasteiger partial charge on any atom is -0.507 e. The first-order valence-corrected chi connectivity index (χ1v) is 6.70. The molecule has 0 aromatic heterocycles. The fraction of sp³-hybridized carbons (Fsp3) is 0.308. The Hall–Kier alpha value is -2.28. The van der Waals surface area contributed by atoms with Gasteiger partial charge in [0.15, 0.2) is 0 Å². The highest BCUT2D eigenvalue weighted by Gasteiger charge is 2.51. The van der Waals surface area contributed by atoms with Gasteiger partial charge in [-0.05, 0) is 24.6 Å². The first kappa shape index (κ1) is 13.7. The Morgan fingerprint density at radius 2 is 2.14 bits per heavy atom. The number of rotatable bonds is 1. The molecule has 1 unspecified atom stereocenters. The van der Waals surface area contributed by atoms with Gasteiger partial charge in [-0.3, -0.25) is 14.9 Å². The topological polar surface area (TPSA) is 98.7 Å². The number of benzene rings is 1. The number of hydrogen-bond acceptors (Lipinski definition) is 4. The average molecular weight is 310 g/mol. The molecule has 1 aromatic carbocycles. The Bertz CT molecular complexity index is 663. The molecule has 0 radical (unpaired) electrons. The van der Waals surface area contributed by atoms with Crippen molar-refractivity contribution in [3.63, 3.8) is 0 Å². The van der Waals surface area contributed by atoms with Gasteiger partial charge in [0, 0.05) is 11.6 Å². The smallest absolute Gasteiger partial charge is 0.322 e. The molecule has 8 heteroatoms. The zero-order valence-corrected chi connectivity index (χ0v) is 11.6. The summed E-state index contributed by atoms with van der Waals surface area (Å²) in [5, 5.41) is 14.8. The van der Waals surface area contributed by atoms with Crippen molar-refractivity contribution in [1.29, 1.82) is 0 Å². The maximum absolute atomic E-state index is 12.4. The highest BCUT2D eigenvalue weighted by atomic mass is 35.5. The molecule has 4 amide bonds. The monoisotopic (exact) mass is 309 g/mol. The first-order valence-electron chi connectivity index (χ1n) is 6.33. The van der Waals surface area contributed by atoms with E-state index in [1.54, 1.807) is 0 Å². The second-order valence-corrected chi connectivity index (χ2v) is 5.56. The van der Waals surface area contributed by atoms with Crippen LogP contribution in [0.15, 0.2) is 18.2 Å². The van der Waals surface area contributed by atoms with E-state index in [0.29, 0.717) is 18.0 Å². The number of carbonyl (C=O) groups excluding carboxylic acids is 3. The number of carbonyl (C=O) groups is 3. The summed E-state index contributed by atoms with van der Waals surface area (Å²) in [6, 6.07) is 3.63. The second-order valence-electron chi connectivity index (χ2n) is 5.13. The minimum absolute atomic E-state index is 0.0648. The number of aromatic hydroxyl groups is 1. The maximum atomic E-state index is 12.4. The van der Waals surface area contributed by atoms with Gasteiger partial charge in [-0.2, -0.15) is 0 Å². The third-order valence-corrected chi connectivity index (χ3v) is 4.00. The van der Waals surface area contributed by atoms with Gasteiger partial charge in [0.1, 0.15) is 11.3 Å². The third kappa shape index (κ3) is 2.19. The Kier molecular flexibility index (Phi) is 3.02. The number of nitrogens with zero attached hydrogens (tertiary/aromatic N) is 1. The Balaban J connectivity index is 1.83. The van der Waals surface area contributed by atoms with Gasteiger partial charge in [0.2, 0.25) is 0 Å². The van der Waals surface area contributed by atoms with Gasteiger partial charge >= 0.3 is 6.03 Å². The molecule has 2 fully saturated rings. The van der Waals surface area contributed by atoms with E-state index < -0.39 is 23.4 Å². The van der Waals surface area contributed by atoms with E-state index in [1.807, 2.05) is 0 Å². The Morgan fingerprint density at radius 3 is 2.81 bits per heavy atom. The van der Waals surface area contributed by atoms with Crippen LogP contribution < -0.4 is 10.6 Å². The van der Waals surface area contributed by atoms with Gasteiger partial charge in [0.25, 0.3) is 11.8 Å². The predicted molar refractivity (Wildman–Crippen MR) is 73.0 cm³/mol. The molecule has 110 valence electrons. The molecule has 1 spiro atoms. The molecule has 2 aliphatic rings. The molecular formula is C13H12ClN3O4. The number of nitrogens with one attached hydrogen (secondary N) is 2. The number of phenolic OH excluding ortho intramolecular Hbond substituents is 1. The fourth-order valence-corrected chi connectivity index (χ4v) is 2.82. The molecule has 0 bridgehead atoms. The lowest BCUT2D eigenvalue weighted by Gasteiger charge is -2.21. The quantitative estimate of drug-likeness (QED) is 0.657. The summed E-state index contributed by atoms with van der Waals surface area (Å²) in [6.45, 7) is 0.369. The summed E-state index contributed by atoms with van der Waals surface area (Å²) in [5.74, 6) is -1.04. The highest BCUT2D eigenvalue weighted by molar-refractivity contribution is 6.31. The van der Waals surface area contributed by atoms with Crippen molar-refractivity contribution in [3.05, 3.63) is 28.8 Å². The van der Waals surface area contributed by atoms with E-state index in [0.717, 1.165) is 0 Å². The molecule has 1 atom stereocenters. The SMILES string of the molecule is O=C1NC(=O)C2(CCN(C(=O)c3cc(Cl)ccc3O)C2)N1. The van der Waals surface area contributed by atoms with Crippen LogP contribution in [0.3, 0.4) is 0 Å². The number of imide groups is 1. The van der Waals surface area contributed by atoms with Crippen LogP contribution in [0.5, 0.6) is 5.75 Å². The summed E-state index contributed by atoms with van der Waals surface area (Å²) >= 11 is 5.83. The molecule has 1 aromatic rings. The number of amides is 4. The van der Waals surface area contributed by atoms with Crippen LogP contribution >= 0.6 is 11.6 Å². The van der Waals surface area contributed by atoms with Crippen molar-refractivity contribution in [1.82, 2.24) is 15.5 Å². The number of urea groups is 1. The lowest BCUT2D eigenvalue weighted by molar-refractivity contribution is -0.123. The van der Waals surface area contributed by atoms with E-state index in [2.05, 4.69) is 10.6 Å². The van der Waals surface area contributed by atoms with Crippen LogP contribution in [0, 0.1) is 0 Å². The van der Waals surface area contributed by atoms with E-state index in [-0.39, 0.29) is 17.9 Å². The molecule has 7 nitrogen and oxygen atoms in total. The summed E-state index contributed by atoms with van der Waals surface area (Å²) in [5.41, 5.74) is -0.995. The van der Waals surface area contributed by atoms with Crippen molar-refractivity contribution in [2.45, 2.75) is 12.0 Å². The highest BCUT2D eigenvalue weighted by Crippen LogP contribution is 2.29. The molecule has 2 saturated heterocycles. The molecule has 2 heterocycles. The fourth-order valence-electron chi connectivity index (χ4n) is 2.65. The number of halogens is 1. The van der Waals surface area contributed by atoms with Crippen molar-refractivity contribution in [2.24, 2.45) is 0 Å². The molecule has 2 aliphatic heterocycles. The standard InChI is InChI=1S/C13H12ClN3O4/c14-7-1-2-9(18)8(5-7)10(19)17-4-3-13(6-17)11(20)15-12(21)16-13/h1-2,5,18H,3-4,6H2,(H2,15,16,20,21). The van der Waals surface area contributed by atoms with Crippen molar-refractivity contribution in [3.8, 4) is 5.75 Å². The van der Waals surface area contributed by atoms with Gasteiger partial charge in [0.05, 0.1) is 12.1 Å². The largest absolute Gasteiger partial charge is 0.507 e. The summed E-state index contributed by atoms with van der Waals surface area (Å²) in [4.78, 5) is 36.9. The number of hydrogen-bond donors (Lipinski definition) is 3. The normalized spacial score (nSPS) is 24.3. The van der Waals surface area contributed by atoms with Crippen LogP contribution in [-0.2, 0) is 4.79 Å². The average Bonchev–Trinajstić information content (AvgIpc) is 2.97. The lowest BCUT2D eigenvalue weighted by Crippen LogP contribution is -2.49. The van der Waals surface area contributed by atoms with Gasteiger partial charge in [-0.25, -0.2) is 4.79 Å². The third-order valence-electron chi connectivity index (χ3n) is 3.76. The lowest BCUT2D eigenvalue weighted by atomic mass is 9.99. The van der Waals surface area contributed by atoms with Crippen molar-refractivity contribution >= 4 is 29.4 Å². The van der Waals surface area contributed by atoms with Crippen molar-refractivity contribution < 1.29 is 19.5 Å². The van der Waals surface area contributed by atoms with Gasteiger partial charge in [-0.15, -0.1) is 0 Å². The van der Waals surface area contributed by atoms with Gasteiger partial charge < -0.3 is 15.3 Å². The molecule has 3 N–H and O–H groups in total. The molecule has 3 rings (SSSR count). The summed E-state index contributed by atoms with van der Waals surface area (Å²) in [7, 11) is 0. The van der Waals surface area contributed by atoms with Crippen LogP contribution in [0.4, 0.5) is 4.79 Å². The van der Waals surface area contributed by atoms with Crippen LogP contribution in [-0.4, -0.2) is 46.5 Å². The maximum Gasteiger partial charge on any atom is 0.322 e. The predicted octanol–water partition coefficient (Wildman–Crippen LogP) is 0.470. The zero-order chi connectivity index (χ0) is 15.2. The molecule has 0 aliphatic carbocycles. The van der Waals surface area contributed by atoms with Crippen molar-refractivity contribution in [2.75, 3.05) is 13.1 Å². The minimum atomic E-state index is -1.07. The second kappa shape index (κ2) is 4.63. The Labute approximate surface area is 124 Å². The van der Waals surface area contributed by atoms with Gasteiger partial charge in [-0.1, -0.05) is 11.6 Å². The first-order chi connectivity index (χ1) is 9.91. The van der Waals surface area contributed by atoms with E-state index in [1.165, 1.54) is 23.1 Å². The molecular weight excluding hydrogens is 298 g/mol. The number of phenols is 1. The van der Waals surface area contributed by atoms with Crippen LogP contribution in [0.1, 0.15) is 16.8 Å².